The van der Waals surface area contributed by atoms with Gasteiger partial charge >= 0.3 is 23.9 Å². The summed E-state index contributed by atoms with van der Waals surface area (Å²) in [7, 11) is 0. The molecule has 0 aromatic heterocycles. The van der Waals surface area contributed by atoms with Gasteiger partial charge in [0.1, 0.15) is 18.5 Å². The molecule has 0 unspecified atom stereocenters. The molecule has 13 nitrogen and oxygen atoms in total. The summed E-state index contributed by atoms with van der Waals surface area (Å²) in [6, 6.07) is 6.21. The number of phenols is 1. The van der Waals surface area contributed by atoms with Crippen LogP contribution in [-0.4, -0.2) is 77.6 Å². The van der Waals surface area contributed by atoms with E-state index in [1.54, 1.807) is 12.1 Å². The van der Waals surface area contributed by atoms with Crippen molar-refractivity contribution < 1.29 is 48.0 Å². The standard InChI is InChI=1S/C22H27N3O10S/c1-11(26)31-10-17-18(32-12(2)27)19(33-13(3)28)20(34-14(4)29)21(35-17)24-22(36)25-23-9-15-5-7-16(30)8-6-15/h5-9,17-21,30H,10H2,1-4H3,(H2,24,25,36)/b23-9+/t17-,18+,19+,20-,21-/m1/s1. The van der Waals surface area contributed by atoms with Crippen LogP contribution in [-0.2, 0) is 42.9 Å². The van der Waals surface area contributed by atoms with Gasteiger partial charge in [0.05, 0.1) is 6.21 Å². The van der Waals surface area contributed by atoms with E-state index in [1.165, 1.54) is 25.3 Å². The molecule has 5 atom stereocenters. The predicted octanol–water partition coefficient (Wildman–Crippen LogP) is 0.273. The first-order valence-electron chi connectivity index (χ1n) is 10.7. The quantitative estimate of drug-likeness (QED) is 0.139. The Morgan fingerprint density at radius 2 is 1.50 bits per heavy atom. The highest BCUT2D eigenvalue weighted by Gasteiger charge is 2.52. The maximum absolute atomic E-state index is 11.9. The second-order valence-electron chi connectivity index (χ2n) is 7.55. The average molecular weight is 526 g/mol. The van der Waals surface area contributed by atoms with E-state index in [-0.39, 0.29) is 17.5 Å². The molecule has 196 valence electrons. The first kappa shape index (κ1) is 28.5. The van der Waals surface area contributed by atoms with Gasteiger partial charge < -0.3 is 34.1 Å². The Kier molecular flexibility index (Phi) is 10.5. The Labute approximate surface area is 212 Å². The number of hydrogen-bond donors (Lipinski definition) is 3. The first-order chi connectivity index (χ1) is 17.0. The summed E-state index contributed by atoms with van der Waals surface area (Å²) in [6.45, 7) is 4.19. The maximum Gasteiger partial charge on any atom is 0.303 e. The van der Waals surface area contributed by atoms with E-state index < -0.39 is 54.5 Å². The van der Waals surface area contributed by atoms with Crippen molar-refractivity contribution >= 4 is 47.4 Å². The van der Waals surface area contributed by atoms with Crippen molar-refractivity contribution in [1.82, 2.24) is 10.7 Å². The molecule has 0 saturated carbocycles. The fourth-order valence-corrected chi connectivity index (χ4v) is 3.40. The summed E-state index contributed by atoms with van der Waals surface area (Å²) in [6.07, 6.45) is -4.83. The molecule has 3 N–H and O–H groups in total. The van der Waals surface area contributed by atoms with E-state index in [2.05, 4.69) is 15.8 Å². The molecule has 1 aromatic rings. The van der Waals surface area contributed by atoms with Crippen molar-refractivity contribution in [2.75, 3.05) is 6.61 Å². The van der Waals surface area contributed by atoms with E-state index >= 15 is 0 Å². The van der Waals surface area contributed by atoms with Crippen LogP contribution in [0.4, 0.5) is 0 Å². The second kappa shape index (κ2) is 13.3. The molecule has 1 aliphatic rings. The van der Waals surface area contributed by atoms with Crippen molar-refractivity contribution in [1.29, 1.82) is 0 Å². The number of carbonyl (C=O) groups is 4. The molecule has 0 bridgehead atoms. The number of aromatic hydroxyl groups is 1. The van der Waals surface area contributed by atoms with Crippen LogP contribution in [0.25, 0.3) is 0 Å². The lowest BCUT2D eigenvalue weighted by Crippen LogP contribution is -2.66. The van der Waals surface area contributed by atoms with Crippen LogP contribution in [0.3, 0.4) is 0 Å². The van der Waals surface area contributed by atoms with Crippen molar-refractivity contribution in [2.45, 2.75) is 58.3 Å². The number of hydrogen-bond acceptors (Lipinski definition) is 12. The Morgan fingerprint density at radius 1 is 0.944 bits per heavy atom. The van der Waals surface area contributed by atoms with Crippen LogP contribution < -0.4 is 10.7 Å². The van der Waals surface area contributed by atoms with Gasteiger partial charge in [-0.05, 0) is 42.0 Å². The molecule has 0 radical (unpaired) electrons. The Balaban J connectivity index is 2.27. The minimum atomic E-state index is -1.33. The third-order valence-electron chi connectivity index (χ3n) is 4.54. The van der Waals surface area contributed by atoms with Gasteiger partial charge in [0.2, 0.25) is 0 Å². The lowest BCUT2D eigenvalue weighted by Gasteiger charge is -2.44. The number of nitrogens with one attached hydrogen (secondary N) is 2. The lowest BCUT2D eigenvalue weighted by atomic mass is 9.97. The van der Waals surface area contributed by atoms with Crippen molar-refractivity contribution in [3.05, 3.63) is 29.8 Å². The van der Waals surface area contributed by atoms with E-state index in [9.17, 15) is 24.3 Å². The molecule has 0 amide bonds. The van der Waals surface area contributed by atoms with E-state index in [1.807, 2.05) is 0 Å². The summed E-state index contributed by atoms with van der Waals surface area (Å²) >= 11 is 5.23. The number of thiocarbonyl (C=S) groups is 1. The molecule has 2 rings (SSSR count). The highest BCUT2D eigenvalue weighted by Crippen LogP contribution is 2.28. The van der Waals surface area contributed by atoms with Crippen molar-refractivity contribution in [2.24, 2.45) is 5.10 Å². The van der Waals surface area contributed by atoms with Gasteiger partial charge in [-0.25, -0.2) is 0 Å². The fourth-order valence-electron chi connectivity index (χ4n) is 3.23. The molecule has 1 aliphatic heterocycles. The summed E-state index contributed by atoms with van der Waals surface area (Å²) in [5.74, 6) is -2.75. The van der Waals surface area contributed by atoms with Crippen molar-refractivity contribution in [3.63, 3.8) is 0 Å². The van der Waals surface area contributed by atoms with E-state index in [0.29, 0.717) is 5.56 Å². The summed E-state index contributed by atoms with van der Waals surface area (Å²) < 4.78 is 26.9. The highest BCUT2D eigenvalue weighted by molar-refractivity contribution is 7.80. The van der Waals surface area contributed by atoms with E-state index in [4.69, 9.17) is 35.9 Å². The monoisotopic (exact) mass is 525 g/mol. The average Bonchev–Trinajstić information content (AvgIpc) is 2.77. The molecule has 1 saturated heterocycles. The molecular formula is C22H27N3O10S. The minimum absolute atomic E-state index is 0.0640. The molecule has 1 fully saturated rings. The predicted molar refractivity (Wildman–Crippen MR) is 127 cm³/mol. The zero-order valence-corrected chi connectivity index (χ0v) is 20.8. The van der Waals surface area contributed by atoms with Gasteiger partial charge in [0.15, 0.2) is 29.7 Å². The van der Waals surface area contributed by atoms with Crippen LogP contribution in [0.2, 0.25) is 0 Å². The van der Waals surface area contributed by atoms with Gasteiger partial charge in [0, 0.05) is 27.7 Å². The maximum atomic E-state index is 11.9. The smallest absolute Gasteiger partial charge is 0.303 e. The molecule has 36 heavy (non-hydrogen) atoms. The van der Waals surface area contributed by atoms with Crippen LogP contribution in [0.15, 0.2) is 29.4 Å². The van der Waals surface area contributed by atoms with Crippen LogP contribution in [0.5, 0.6) is 5.75 Å². The Hall–Kier alpha value is -3.78. The molecule has 1 heterocycles. The molecule has 14 heteroatoms. The highest BCUT2D eigenvalue weighted by atomic mass is 32.1. The third kappa shape index (κ3) is 9.11. The molecular weight excluding hydrogens is 498 g/mol. The summed E-state index contributed by atoms with van der Waals surface area (Å²) in [4.78, 5) is 46.8. The zero-order chi connectivity index (χ0) is 26.8. The zero-order valence-electron chi connectivity index (χ0n) is 20.0. The number of benzene rings is 1. The molecule has 1 aromatic carbocycles. The number of phenolic OH excluding ortho intramolecular Hbond substituents is 1. The minimum Gasteiger partial charge on any atom is -0.508 e. The lowest BCUT2D eigenvalue weighted by molar-refractivity contribution is -0.254. The van der Waals surface area contributed by atoms with Gasteiger partial charge in [-0.2, -0.15) is 5.10 Å². The number of ether oxygens (including phenoxy) is 5. The molecule has 0 spiro atoms. The van der Waals surface area contributed by atoms with E-state index in [0.717, 1.165) is 20.8 Å². The number of hydrazone groups is 1. The molecule has 0 aliphatic carbocycles. The second-order valence-corrected chi connectivity index (χ2v) is 7.96. The van der Waals surface area contributed by atoms with Crippen LogP contribution in [0.1, 0.15) is 33.3 Å². The number of nitrogens with zero attached hydrogens (tertiary/aromatic N) is 1. The van der Waals surface area contributed by atoms with Gasteiger partial charge in [-0.3, -0.25) is 24.6 Å². The van der Waals surface area contributed by atoms with Crippen molar-refractivity contribution in [3.8, 4) is 5.75 Å². The van der Waals surface area contributed by atoms with Gasteiger partial charge in [0.25, 0.3) is 0 Å². The largest absolute Gasteiger partial charge is 0.508 e. The first-order valence-corrected chi connectivity index (χ1v) is 11.1. The topological polar surface area (TPSA) is 171 Å². The fraction of sp³-hybridized carbons (Fsp3) is 0.455. The summed E-state index contributed by atoms with van der Waals surface area (Å²) in [5.41, 5.74) is 3.22. The summed E-state index contributed by atoms with van der Waals surface area (Å²) in [5, 5.41) is 16.0. The van der Waals surface area contributed by atoms with Gasteiger partial charge in [-0.15, -0.1) is 0 Å². The number of rotatable bonds is 8. The normalized spacial score (nSPS) is 23.3. The number of esters is 4. The SMILES string of the molecule is CC(=O)OC[C@H]1O[C@@H](NC(=S)N/N=C/c2ccc(O)cc2)[C@H](OC(C)=O)[C@@H](OC(C)=O)[C@H]1OC(C)=O. The van der Waals surface area contributed by atoms with Crippen LogP contribution >= 0.6 is 12.2 Å². The third-order valence-corrected chi connectivity index (χ3v) is 4.75. The Bertz CT molecular complexity index is 1000. The number of carbonyl (C=O) groups excluding carboxylic acids is 4. The Morgan fingerprint density at radius 3 is 2.06 bits per heavy atom. The van der Waals surface area contributed by atoms with Gasteiger partial charge in [-0.1, -0.05) is 0 Å². The van der Waals surface area contributed by atoms with Crippen LogP contribution in [0, 0.1) is 0 Å².